The monoisotopic (exact) mass is 282 g/mol. The lowest BCUT2D eigenvalue weighted by Crippen LogP contribution is -2.50. The summed E-state index contributed by atoms with van der Waals surface area (Å²) in [6, 6.07) is 6.19. The van der Waals surface area contributed by atoms with Gasteiger partial charge in [0.25, 0.3) is 0 Å². The molecule has 6 heteroatoms. The first-order valence-electron chi connectivity index (χ1n) is 6.65. The van der Waals surface area contributed by atoms with Crippen LogP contribution in [-0.4, -0.2) is 65.3 Å². The number of hydrogen-bond donors (Lipinski definition) is 2. The van der Waals surface area contributed by atoms with Crippen LogP contribution >= 0.6 is 0 Å². The van der Waals surface area contributed by atoms with E-state index in [9.17, 15) is 14.3 Å². The second-order valence-electron chi connectivity index (χ2n) is 4.88. The minimum atomic E-state index is -0.878. The maximum absolute atomic E-state index is 13.5. The van der Waals surface area contributed by atoms with Gasteiger partial charge in [-0.1, -0.05) is 18.2 Å². The normalized spacial score (nSPS) is 18.1. The Balaban J connectivity index is 1.87. The predicted molar refractivity (Wildman–Crippen MR) is 71.5 cm³/mol. The van der Waals surface area contributed by atoms with Crippen LogP contribution in [0.1, 0.15) is 11.7 Å². The standard InChI is InChI=1S/C14H19FN2O3/c15-12-4-2-1-3-11(12)13(19)9-16-5-7-17(8-6-16)14(20)10-18/h1-4,13,18-19H,5-10H2. The summed E-state index contributed by atoms with van der Waals surface area (Å²) in [5.74, 6) is -0.687. The maximum Gasteiger partial charge on any atom is 0.248 e. The predicted octanol–water partition coefficient (Wildman–Crippen LogP) is -0.00440. The summed E-state index contributed by atoms with van der Waals surface area (Å²) in [5, 5.41) is 18.9. The van der Waals surface area contributed by atoms with E-state index in [0.717, 1.165) is 0 Å². The summed E-state index contributed by atoms with van der Waals surface area (Å²) in [4.78, 5) is 14.9. The summed E-state index contributed by atoms with van der Waals surface area (Å²) in [6.07, 6.45) is -0.878. The molecule has 5 nitrogen and oxygen atoms in total. The Kier molecular flexibility index (Phi) is 5.05. The Bertz CT molecular complexity index is 461. The minimum Gasteiger partial charge on any atom is -0.387 e. The number of β-amino-alcohol motifs (C(OH)–C–C–N with tert-alkyl or cyclic N) is 1. The van der Waals surface area contributed by atoms with Crippen molar-refractivity contribution in [3.63, 3.8) is 0 Å². The summed E-state index contributed by atoms with van der Waals surface area (Å²) in [6.45, 7) is 2.11. The zero-order chi connectivity index (χ0) is 14.5. The molecule has 1 aromatic rings. The van der Waals surface area contributed by atoms with E-state index in [1.54, 1.807) is 23.1 Å². The summed E-state index contributed by atoms with van der Waals surface area (Å²) in [5.41, 5.74) is 0.293. The maximum atomic E-state index is 13.5. The largest absolute Gasteiger partial charge is 0.387 e. The SMILES string of the molecule is O=C(CO)N1CCN(CC(O)c2ccccc2F)CC1. The fourth-order valence-electron chi connectivity index (χ4n) is 2.37. The zero-order valence-electron chi connectivity index (χ0n) is 11.2. The van der Waals surface area contributed by atoms with Crippen molar-refractivity contribution in [1.29, 1.82) is 0 Å². The van der Waals surface area contributed by atoms with Crippen molar-refractivity contribution >= 4 is 5.91 Å². The highest BCUT2D eigenvalue weighted by atomic mass is 19.1. The Morgan fingerprint density at radius 2 is 1.90 bits per heavy atom. The molecule has 1 aromatic carbocycles. The average Bonchev–Trinajstić information content (AvgIpc) is 2.47. The molecule has 0 spiro atoms. The highest BCUT2D eigenvalue weighted by Gasteiger charge is 2.23. The van der Waals surface area contributed by atoms with E-state index >= 15 is 0 Å². The van der Waals surface area contributed by atoms with E-state index in [1.807, 2.05) is 4.90 Å². The molecule has 20 heavy (non-hydrogen) atoms. The summed E-state index contributed by atoms with van der Waals surface area (Å²) >= 11 is 0. The van der Waals surface area contributed by atoms with E-state index in [0.29, 0.717) is 38.3 Å². The van der Waals surface area contributed by atoms with E-state index < -0.39 is 18.5 Å². The second kappa shape index (κ2) is 6.78. The molecule has 1 saturated heterocycles. The van der Waals surface area contributed by atoms with Crippen molar-refractivity contribution in [1.82, 2.24) is 9.80 Å². The van der Waals surface area contributed by atoms with Crippen molar-refractivity contribution in [2.45, 2.75) is 6.10 Å². The molecule has 110 valence electrons. The number of aliphatic hydroxyl groups excluding tert-OH is 2. The highest BCUT2D eigenvalue weighted by molar-refractivity contribution is 5.77. The molecule has 1 unspecified atom stereocenters. The average molecular weight is 282 g/mol. The van der Waals surface area contributed by atoms with Crippen molar-refractivity contribution in [3.8, 4) is 0 Å². The number of carbonyl (C=O) groups excluding carboxylic acids is 1. The fraction of sp³-hybridized carbons (Fsp3) is 0.500. The first-order valence-corrected chi connectivity index (χ1v) is 6.65. The second-order valence-corrected chi connectivity index (χ2v) is 4.88. The first kappa shape index (κ1) is 14.9. The number of halogens is 1. The molecular formula is C14H19FN2O3. The number of hydrogen-bond acceptors (Lipinski definition) is 4. The van der Waals surface area contributed by atoms with Crippen LogP contribution in [-0.2, 0) is 4.79 Å². The lowest BCUT2D eigenvalue weighted by atomic mass is 10.1. The van der Waals surface area contributed by atoms with E-state index in [4.69, 9.17) is 5.11 Å². The molecule has 0 bridgehead atoms. The molecule has 1 heterocycles. The molecule has 2 rings (SSSR count). The third-order valence-electron chi connectivity index (χ3n) is 3.56. The van der Waals surface area contributed by atoms with E-state index in [1.165, 1.54) is 6.07 Å². The van der Waals surface area contributed by atoms with Crippen LogP contribution in [0.15, 0.2) is 24.3 Å². The summed E-state index contributed by atoms with van der Waals surface area (Å²) < 4.78 is 13.5. The van der Waals surface area contributed by atoms with Crippen LogP contribution in [0.25, 0.3) is 0 Å². The van der Waals surface area contributed by atoms with Gasteiger partial charge < -0.3 is 15.1 Å². The van der Waals surface area contributed by atoms with Gasteiger partial charge in [-0.05, 0) is 6.07 Å². The van der Waals surface area contributed by atoms with Gasteiger partial charge in [0.2, 0.25) is 5.91 Å². The van der Waals surface area contributed by atoms with E-state index in [-0.39, 0.29) is 5.91 Å². The molecule has 1 aliphatic heterocycles. The topological polar surface area (TPSA) is 64.0 Å². The highest BCUT2D eigenvalue weighted by Crippen LogP contribution is 2.18. The van der Waals surface area contributed by atoms with E-state index in [2.05, 4.69) is 0 Å². The molecule has 0 radical (unpaired) electrons. The first-order chi connectivity index (χ1) is 9.61. The smallest absolute Gasteiger partial charge is 0.248 e. The number of aliphatic hydroxyl groups is 2. The van der Waals surface area contributed by atoms with Crippen LogP contribution in [0.4, 0.5) is 4.39 Å². The molecule has 1 fully saturated rings. The van der Waals surface area contributed by atoms with Crippen molar-refractivity contribution in [2.24, 2.45) is 0 Å². The van der Waals surface area contributed by atoms with Crippen molar-refractivity contribution in [2.75, 3.05) is 39.3 Å². The number of carbonyl (C=O) groups is 1. The zero-order valence-corrected chi connectivity index (χ0v) is 11.2. The Morgan fingerprint density at radius 1 is 1.25 bits per heavy atom. The number of piperazine rings is 1. The number of benzene rings is 1. The van der Waals surface area contributed by atoms with Crippen LogP contribution in [0.3, 0.4) is 0 Å². The van der Waals surface area contributed by atoms with Gasteiger partial charge in [0.15, 0.2) is 0 Å². The Hall–Kier alpha value is -1.50. The lowest BCUT2D eigenvalue weighted by molar-refractivity contribution is -0.136. The van der Waals surface area contributed by atoms with Crippen LogP contribution in [0.2, 0.25) is 0 Å². The molecule has 0 aliphatic carbocycles. The van der Waals surface area contributed by atoms with Gasteiger partial charge in [-0.25, -0.2) is 4.39 Å². The minimum absolute atomic E-state index is 0.278. The van der Waals surface area contributed by atoms with Crippen LogP contribution in [0.5, 0.6) is 0 Å². The Morgan fingerprint density at radius 3 is 2.50 bits per heavy atom. The van der Waals surface area contributed by atoms with Gasteiger partial charge in [0.05, 0.1) is 6.10 Å². The third-order valence-corrected chi connectivity index (χ3v) is 3.56. The molecule has 0 saturated carbocycles. The van der Waals surface area contributed by atoms with Crippen LogP contribution < -0.4 is 0 Å². The van der Waals surface area contributed by atoms with Gasteiger partial charge in [-0.15, -0.1) is 0 Å². The molecule has 1 aliphatic rings. The molecule has 0 aromatic heterocycles. The van der Waals surface area contributed by atoms with Crippen LogP contribution in [0, 0.1) is 5.82 Å². The van der Waals surface area contributed by atoms with Crippen molar-refractivity contribution in [3.05, 3.63) is 35.6 Å². The lowest BCUT2D eigenvalue weighted by Gasteiger charge is -2.35. The van der Waals surface area contributed by atoms with Gasteiger partial charge in [0.1, 0.15) is 12.4 Å². The Labute approximate surface area is 117 Å². The quantitative estimate of drug-likeness (QED) is 0.815. The number of rotatable bonds is 4. The third kappa shape index (κ3) is 3.53. The molecule has 1 atom stereocenters. The molecular weight excluding hydrogens is 263 g/mol. The molecule has 1 amide bonds. The van der Waals surface area contributed by atoms with Gasteiger partial charge in [-0.2, -0.15) is 0 Å². The van der Waals surface area contributed by atoms with Gasteiger partial charge in [-0.3, -0.25) is 9.69 Å². The van der Waals surface area contributed by atoms with Crippen molar-refractivity contribution < 1.29 is 19.4 Å². The number of nitrogens with zero attached hydrogens (tertiary/aromatic N) is 2. The van der Waals surface area contributed by atoms with Gasteiger partial charge in [0, 0.05) is 38.3 Å². The van der Waals surface area contributed by atoms with Gasteiger partial charge >= 0.3 is 0 Å². The fourth-order valence-corrected chi connectivity index (χ4v) is 2.37. The molecule has 2 N–H and O–H groups in total. The summed E-state index contributed by atoms with van der Waals surface area (Å²) in [7, 11) is 0. The number of amides is 1.